The Labute approximate surface area is 217 Å². The molecule has 0 aliphatic rings. The second kappa shape index (κ2) is 11.0. The first-order valence-electron chi connectivity index (χ1n) is 10.8. The van der Waals surface area contributed by atoms with Crippen molar-refractivity contribution in [2.24, 2.45) is 4.99 Å². The number of ether oxygens (including phenoxy) is 4. The van der Waals surface area contributed by atoms with E-state index in [1.54, 1.807) is 40.7 Å². The zero-order chi connectivity index (χ0) is 25.7. The van der Waals surface area contributed by atoms with Gasteiger partial charge in [-0.15, -0.1) is 0 Å². The molecule has 0 aliphatic carbocycles. The van der Waals surface area contributed by atoms with Crippen molar-refractivity contribution in [2.75, 3.05) is 28.4 Å². The third kappa shape index (κ3) is 4.92. The van der Waals surface area contributed by atoms with Crippen molar-refractivity contribution in [3.05, 3.63) is 76.3 Å². The van der Waals surface area contributed by atoms with Crippen LogP contribution >= 0.6 is 15.9 Å². The maximum absolute atomic E-state index is 10.1. The Morgan fingerprint density at radius 3 is 1.97 bits per heavy atom. The van der Waals surface area contributed by atoms with Gasteiger partial charge in [0.2, 0.25) is 5.88 Å². The second-order valence-corrected chi connectivity index (χ2v) is 8.41. The predicted molar refractivity (Wildman–Crippen MR) is 142 cm³/mol. The Morgan fingerprint density at radius 1 is 0.833 bits per heavy atom. The highest BCUT2D eigenvalue weighted by molar-refractivity contribution is 9.10. The minimum absolute atomic E-state index is 0.194. The summed E-state index contributed by atoms with van der Waals surface area (Å²) in [6.45, 7) is 0. The first-order valence-corrected chi connectivity index (χ1v) is 11.6. The molecule has 0 fully saturated rings. The molecular formula is C28H23BrN2O5. The number of hydrogen-bond donors (Lipinski definition) is 0. The van der Waals surface area contributed by atoms with Gasteiger partial charge in [0.1, 0.15) is 28.9 Å². The number of methoxy groups -OCH3 is 4. The summed E-state index contributed by atoms with van der Waals surface area (Å²) in [6, 6.07) is 20.8. The molecule has 1 heterocycles. The lowest BCUT2D eigenvalue weighted by atomic mass is 9.98. The number of aliphatic imine (C=N–C) groups is 1. The van der Waals surface area contributed by atoms with Crippen LogP contribution in [0.1, 0.15) is 11.1 Å². The summed E-state index contributed by atoms with van der Waals surface area (Å²) in [5, 5.41) is 10.1. The molecule has 0 amide bonds. The summed E-state index contributed by atoms with van der Waals surface area (Å²) in [4.78, 5) is 4.54. The van der Waals surface area contributed by atoms with Crippen LogP contribution in [-0.4, -0.2) is 34.7 Å². The van der Waals surface area contributed by atoms with E-state index in [4.69, 9.17) is 23.4 Å². The molecule has 4 rings (SSSR count). The minimum atomic E-state index is 0.194. The van der Waals surface area contributed by atoms with Crippen LogP contribution in [0.15, 0.2) is 74.5 Å². The van der Waals surface area contributed by atoms with Gasteiger partial charge in [-0.2, -0.15) is 5.26 Å². The van der Waals surface area contributed by atoms with Gasteiger partial charge in [-0.1, -0.05) is 12.1 Å². The van der Waals surface area contributed by atoms with Crippen molar-refractivity contribution in [3.63, 3.8) is 0 Å². The number of nitriles is 1. The zero-order valence-electron chi connectivity index (χ0n) is 20.2. The van der Waals surface area contributed by atoms with Gasteiger partial charge < -0.3 is 23.4 Å². The molecule has 4 aromatic rings. The van der Waals surface area contributed by atoms with Gasteiger partial charge >= 0.3 is 0 Å². The molecule has 0 unspecified atom stereocenters. The first-order chi connectivity index (χ1) is 17.5. The molecule has 0 spiro atoms. The fourth-order valence-electron chi connectivity index (χ4n) is 3.74. The number of furan rings is 1. The Balaban J connectivity index is 1.85. The fraction of sp³-hybridized carbons (Fsp3) is 0.143. The lowest BCUT2D eigenvalue weighted by molar-refractivity contribution is 0.353. The number of rotatable bonds is 8. The van der Waals surface area contributed by atoms with Crippen molar-refractivity contribution in [1.82, 2.24) is 0 Å². The summed E-state index contributed by atoms with van der Waals surface area (Å²) in [5.74, 6) is 3.28. The smallest absolute Gasteiger partial charge is 0.238 e. The molecular weight excluding hydrogens is 524 g/mol. The van der Waals surface area contributed by atoms with Crippen molar-refractivity contribution in [3.8, 4) is 51.5 Å². The van der Waals surface area contributed by atoms with Crippen molar-refractivity contribution in [2.45, 2.75) is 0 Å². The molecule has 0 N–H and O–H groups in total. The second-order valence-electron chi connectivity index (χ2n) is 7.55. The van der Waals surface area contributed by atoms with E-state index >= 15 is 0 Å². The third-order valence-corrected chi connectivity index (χ3v) is 6.11. The molecule has 1 aromatic heterocycles. The summed E-state index contributed by atoms with van der Waals surface area (Å²) in [7, 11) is 6.35. The van der Waals surface area contributed by atoms with E-state index in [2.05, 4.69) is 27.0 Å². The molecule has 182 valence electrons. The van der Waals surface area contributed by atoms with Gasteiger partial charge in [0.15, 0.2) is 11.5 Å². The highest BCUT2D eigenvalue weighted by Gasteiger charge is 2.23. The van der Waals surface area contributed by atoms with Crippen molar-refractivity contribution >= 4 is 28.0 Å². The molecule has 0 aliphatic heterocycles. The Morgan fingerprint density at radius 2 is 1.44 bits per heavy atom. The van der Waals surface area contributed by atoms with E-state index in [1.807, 2.05) is 54.6 Å². The average Bonchev–Trinajstić information content (AvgIpc) is 3.30. The molecule has 3 aromatic carbocycles. The molecule has 7 nitrogen and oxygen atoms in total. The SMILES string of the molecule is COc1ccc(-c2oc(N=Cc3cc(Br)c(OC)c(OC)c3)c(C#N)c2-c2ccc(OC)cc2)cc1. The van der Waals surface area contributed by atoms with Crippen LogP contribution in [-0.2, 0) is 0 Å². The van der Waals surface area contributed by atoms with E-state index < -0.39 is 0 Å². The molecule has 0 radical (unpaired) electrons. The number of nitrogens with zero attached hydrogens (tertiary/aromatic N) is 2. The van der Waals surface area contributed by atoms with Crippen LogP contribution < -0.4 is 18.9 Å². The fourth-order valence-corrected chi connectivity index (χ4v) is 4.36. The lowest BCUT2D eigenvalue weighted by Gasteiger charge is -2.10. The molecule has 0 saturated heterocycles. The summed E-state index contributed by atoms with van der Waals surface area (Å²) >= 11 is 3.49. The van der Waals surface area contributed by atoms with Gasteiger partial charge in [-0.3, -0.25) is 0 Å². The van der Waals surface area contributed by atoms with Crippen molar-refractivity contribution in [1.29, 1.82) is 5.26 Å². The van der Waals surface area contributed by atoms with Crippen molar-refractivity contribution < 1.29 is 23.4 Å². The highest BCUT2D eigenvalue weighted by atomic mass is 79.9. The lowest BCUT2D eigenvalue weighted by Crippen LogP contribution is -1.93. The van der Waals surface area contributed by atoms with Crippen LogP contribution in [0.2, 0.25) is 0 Å². The average molecular weight is 547 g/mol. The Kier molecular flexibility index (Phi) is 7.62. The van der Waals surface area contributed by atoms with Gasteiger partial charge in [0.25, 0.3) is 0 Å². The predicted octanol–water partition coefficient (Wildman–Crippen LogP) is 7.03. The number of hydrogen-bond acceptors (Lipinski definition) is 7. The maximum atomic E-state index is 10.1. The van der Waals surface area contributed by atoms with E-state index in [0.717, 1.165) is 16.7 Å². The largest absolute Gasteiger partial charge is 0.497 e. The minimum Gasteiger partial charge on any atom is -0.497 e. The third-order valence-electron chi connectivity index (χ3n) is 5.52. The van der Waals surface area contributed by atoms with Gasteiger partial charge in [-0.05, 0) is 75.6 Å². The molecule has 8 heteroatoms. The van der Waals surface area contributed by atoms with Crippen LogP contribution in [0.3, 0.4) is 0 Å². The van der Waals surface area contributed by atoms with Gasteiger partial charge in [0.05, 0.1) is 32.9 Å². The highest BCUT2D eigenvalue weighted by Crippen LogP contribution is 2.43. The van der Waals surface area contributed by atoms with Crippen LogP contribution in [0.25, 0.3) is 22.5 Å². The Bertz CT molecular complexity index is 1440. The maximum Gasteiger partial charge on any atom is 0.238 e. The van der Waals surface area contributed by atoms with E-state index in [0.29, 0.717) is 44.4 Å². The van der Waals surface area contributed by atoms with Crippen LogP contribution in [0.4, 0.5) is 5.88 Å². The van der Waals surface area contributed by atoms with Gasteiger partial charge in [0, 0.05) is 17.3 Å². The van der Waals surface area contributed by atoms with Crippen LogP contribution in [0.5, 0.6) is 23.0 Å². The standard InChI is InChI=1S/C28H23BrN2O5/c1-32-20-9-5-18(6-10-20)25-22(15-30)28(36-26(25)19-7-11-21(33-2)12-8-19)31-16-17-13-23(29)27(35-4)24(14-17)34-3/h5-14,16H,1-4H3. The zero-order valence-corrected chi connectivity index (χ0v) is 21.8. The molecule has 0 saturated carbocycles. The topological polar surface area (TPSA) is 86.2 Å². The number of benzene rings is 3. The molecule has 36 heavy (non-hydrogen) atoms. The molecule has 0 bridgehead atoms. The monoisotopic (exact) mass is 546 g/mol. The summed E-state index contributed by atoms with van der Waals surface area (Å²) in [6.07, 6.45) is 1.61. The normalized spacial score (nSPS) is 10.8. The van der Waals surface area contributed by atoms with E-state index in [9.17, 15) is 5.26 Å². The summed E-state index contributed by atoms with van der Waals surface area (Å²) < 4.78 is 28.3. The van der Waals surface area contributed by atoms with E-state index in [-0.39, 0.29) is 5.88 Å². The molecule has 0 atom stereocenters. The van der Waals surface area contributed by atoms with E-state index in [1.165, 1.54) is 0 Å². The quantitative estimate of drug-likeness (QED) is 0.220. The number of halogens is 1. The van der Waals surface area contributed by atoms with Crippen LogP contribution in [0, 0.1) is 11.3 Å². The summed E-state index contributed by atoms with van der Waals surface area (Å²) in [5.41, 5.74) is 3.29. The van der Waals surface area contributed by atoms with Gasteiger partial charge in [-0.25, -0.2) is 4.99 Å². The first kappa shape index (κ1) is 24.9. The Hall–Kier alpha value is -4.22.